The first-order chi connectivity index (χ1) is 13.4. The van der Waals surface area contributed by atoms with Crippen LogP contribution in [0.2, 0.25) is 0 Å². The number of aryl methyl sites for hydroxylation is 1. The molecule has 0 fully saturated rings. The molecule has 0 aliphatic heterocycles. The van der Waals surface area contributed by atoms with Gasteiger partial charge in [0.15, 0.2) is 5.17 Å². The van der Waals surface area contributed by atoms with E-state index in [4.69, 9.17) is 14.9 Å². The molecule has 0 radical (unpaired) electrons. The fraction of sp³-hybridized carbons (Fsp3) is 0.273. The van der Waals surface area contributed by atoms with Crippen LogP contribution in [0.4, 0.5) is 5.69 Å². The van der Waals surface area contributed by atoms with E-state index >= 15 is 0 Å². The second-order valence-electron chi connectivity index (χ2n) is 6.89. The van der Waals surface area contributed by atoms with Crippen molar-refractivity contribution in [2.24, 2.45) is 10.7 Å². The number of nitrogens with two attached hydrogens (primary N) is 1. The van der Waals surface area contributed by atoms with Gasteiger partial charge in [-0.1, -0.05) is 25.6 Å². The topological polar surface area (TPSA) is 77.8 Å². The zero-order valence-corrected chi connectivity index (χ0v) is 17.3. The Hall–Kier alpha value is -2.73. The Kier molecular flexibility index (Phi) is 6.09. The number of methoxy groups -OCH3 is 1. The molecule has 1 aromatic heterocycles. The predicted molar refractivity (Wildman–Crippen MR) is 117 cm³/mol. The van der Waals surface area contributed by atoms with Crippen molar-refractivity contribution in [3.05, 3.63) is 69.6 Å². The number of aliphatic imine (C=N–C) groups is 1. The minimum Gasteiger partial charge on any atom is -0.497 e. The highest BCUT2D eigenvalue weighted by molar-refractivity contribution is 8.13. The normalized spacial score (nSPS) is 12.0. The van der Waals surface area contributed by atoms with Crippen LogP contribution in [0.15, 0.2) is 56.7 Å². The number of fused-ring (bicyclic) bond motifs is 1. The molecule has 0 aliphatic carbocycles. The third-order valence-electron chi connectivity index (χ3n) is 4.53. The Morgan fingerprint density at radius 3 is 2.57 bits per heavy atom. The summed E-state index contributed by atoms with van der Waals surface area (Å²) in [5, 5.41) is 1.38. The summed E-state index contributed by atoms with van der Waals surface area (Å²) in [6, 6.07) is 13.0. The van der Waals surface area contributed by atoms with Gasteiger partial charge in [0.25, 0.3) is 0 Å². The van der Waals surface area contributed by atoms with Crippen molar-refractivity contribution in [2.45, 2.75) is 32.4 Å². The van der Waals surface area contributed by atoms with Gasteiger partial charge in [-0.2, -0.15) is 0 Å². The molecule has 2 N–H and O–H groups in total. The van der Waals surface area contributed by atoms with Gasteiger partial charge in [0.2, 0.25) is 0 Å². The standard InChI is InChI=1S/C22H24N2O3S/c1-13(2)18-11-19-15(10-21(25)27-20(19)9-14(18)3)12-28-22(23)24-16-5-7-17(26-4)8-6-16/h5-11,13H,12H2,1-4H3,(H2,23,24). The minimum absolute atomic E-state index is 0.356. The van der Waals surface area contributed by atoms with Crippen molar-refractivity contribution >= 4 is 33.6 Å². The van der Waals surface area contributed by atoms with Crippen LogP contribution in [-0.2, 0) is 5.75 Å². The Morgan fingerprint density at radius 1 is 1.21 bits per heavy atom. The van der Waals surface area contributed by atoms with E-state index in [1.165, 1.54) is 23.4 Å². The molecule has 28 heavy (non-hydrogen) atoms. The average molecular weight is 397 g/mol. The predicted octanol–water partition coefficient (Wildman–Crippen LogP) is 5.11. The van der Waals surface area contributed by atoms with E-state index in [9.17, 15) is 4.79 Å². The molecule has 146 valence electrons. The van der Waals surface area contributed by atoms with Crippen molar-refractivity contribution < 1.29 is 9.15 Å². The number of rotatable bonds is 5. The van der Waals surface area contributed by atoms with E-state index in [1.54, 1.807) is 7.11 Å². The van der Waals surface area contributed by atoms with Crippen LogP contribution in [0.3, 0.4) is 0 Å². The maximum Gasteiger partial charge on any atom is 0.336 e. The monoisotopic (exact) mass is 396 g/mol. The molecule has 0 bridgehead atoms. The molecule has 6 heteroatoms. The molecule has 0 saturated carbocycles. The molecule has 0 amide bonds. The van der Waals surface area contributed by atoms with E-state index in [1.807, 2.05) is 37.3 Å². The molecule has 0 unspecified atom stereocenters. The second-order valence-corrected chi connectivity index (χ2v) is 7.88. The summed E-state index contributed by atoms with van der Waals surface area (Å²) >= 11 is 1.39. The lowest BCUT2D eigenvalue weighted by atomic mass is 9.95. The molecule has 0 atom stereocenters. The highest BCUT2D eigenvalue weighted by Gasteiger charge is 2.12. The number of ether oxygens (including phenoxy) is 1. The smallest absolute Gasteiger partial charge is 0.336 e. The molecule has 0 saturated heterocycles. The summed E-state index contributed by atoms with van der Waals surface area (Å²) in [5.74, 6) is 1.69. The Labute approximate surface area is 168 Å². The van der Waals surface area contributed by atoms with Gasteiger partial charge in [0.1, 0.15) is 11.3 Å². The van der Waals surface area contributed by atoms with Crippen molar-refractivity contribution in [2.75, 3.05) is 7.11 Å². The summed E-state index contributed by atoms with van der Waals surface area (Å²) in [6.45, 7) is 6.35. The van der Waals surface area contributed by atoms with Crippen molar-refractivity contribution in [3.63, 3.8) is 0 Å². The van der Waals surface area contributed by atoms with Crippen LogP contribution < -0.4 is 16.1 Å². The fourth-order valence-corrected chi connectivity index (χ4v) is 3.81. The van der Waals surface area contributed by atoms with Crippen molar-refractivity contribution in [1.29, 1.82) is 0 Å². The molecule has 3 rings (SSSR count). The lowest BCUT2D eigenvalue weighted by molar-refractivity contribution is 0.415. The lowest BCUT2D eigenvalue weighted by Gasteiger charge is -2.13. The average Bonchev–Trinajstić information content (AvgIpc) is 2.65. The maximum atomic E-state index is 12.0. The number of hydrogen-bond acceptors (Lipinski definition) is 5. The van der Waals surface area contributed by atoms with Crippen LogP contribution in [0.1, 0.15) is 36.5 Å². The lowest BCUT2D eigenvalue weighted by Crippen LogP contribution is -2.07. The summed E-state index contributed by atoms with van der Waals surface area (Å²) < 4.78 is 10.5. The van der Waals surface area contributed by atoms with Gasteiger partial charge in [-0.25, -0.2) is 9.79 Å². The number of amidine groups is 1. The van der Waals surface area contributed by atoms with Gasteiger partial charge >= 0.3 is 5.63 Å². The third kappa shape index (κ3) is 4.57. The van der Waals surface area contributed by atoms with E-state index in [0.717, 1.165) is 28.0 Å². The van der Waals surface area contributed by atoms with Gasteiger partial charge in [-0.05, 0) is 65.9 Å². The van der Waals surface area contributed by atoms with Gasteiger partial charge < -0.3 is 14.9 Å². The van der Waals surface area contributed by atoms with Gasteiger partial charge in [-0.3, -0.25) is 0 Å². The molecular formula is C22H24N2O3S. The number of benzene rings is 2. The largest absolute Gasteiger partial charge is 0.497 e. The van der Waals surface area contributed by atoms with Crippen molar-refractivity contribution in [1.82, 2.24) is 0 Å². The Bertz CT molecular complexity index is 1070. The van der Waals surface area contributed by atoms with E-state index in [0.29, 0.717) is 22.4 Å². The number of nitrogens with zero attached hydrogens (tertiary/aromatic N) is 1. The van der Waals surface area contributed by atoms with Crippen molar-refractivity contribution in [3.8, 4) is 5.75 Å². The number of thioether (sulfide) groups is 1. The summed E-state index contributed by atoms with van der Waals surface area (Å²) in [4.78, 5) is 16.4. The summed E-state index contributed by atoms with van der Waals surface area (Å²) in [5.41, 5.74) is 10.3. The number of hydrogen-bond donors (Lipinski definition) is 1. The Balaban J connectivity index is 1.87. The zero-order valence-electron chi connectivity index (χ0n) is 16.5. The third-order valence-corrected chi connectivity index (χ3v) is 5.37. The van der Waals surface area contributed by atoms with Crippen LogP contribution in [0.25, 0.3) is 11.0 Å². The SMILES string of the molecule is COc1ccc(N=C(N)SCc2cc(=O)oc3cc(C)c(C(C)C)cc23)cc1. The second kappa shape index (κ2) is 8.52. The van der Waals surface area contributed by atoms with E-state index < -0.39 is 0 Å². The van der Waals surface area contributed by atoms with E-state index in [2.05, 4.69) is 24.9 Å². The maximum absolute atomic E-state index is 12.0. The molecule has 0 spiro atoms. The quantitative estimate of drug-likeness (QED) is 0.368. The molecule has 2 aromatic carbocycles. The molecule has 0 aliphatic rings. The van der Waals surface area contributed by atoms with Gasteiger partial charge in [0, 0.05) is 17.2 Å². The fourth-order valence-electron chi connectivity index (χ4n) is 3.10. The summed E-state index contributed by atoms with van der Waals surface area (Å²) in [7, 11) is 1.62. The first kappa shape index (κ1) is 20.0. The zero-order chi connectivity index (χ0) is 20.3. The first-order valence-electron chi connectivity index (χ1n) is 9.05. The highest BCUT2D eigenvalue weighted by Crippen LogP contribution is 2.29. The first-order valence-corrected chi connectivity index (χ1v) is 10.0. The molecular weight excluding hydrogens is 372 g/mol. The summed E-state index contributed by atoms with van der Waals surface area (Å²) in [6.07, 6.45) is 0. The van der Waals surface area contributed by atoms with Crippen LogP contribution in [0, 0.1) is 6.92 Å². The Morgan fingerprint density at radius 2 is 1.93 bits per heavy atom. The highest BCUT2D eigenvalue weighted by atomic mass is 32.2. The van der Waals surface area contributed by atoms with Gasteiger partial charge in [0.05, 0.1) is 12.8 Å². The van der Waals surface area contributed by atoms with Gasteiger partial charge in [-0.15, -0.1) is 0 Å². The molecule has 1 heterocycles. The van der Waals surface area contributed by atoms with E-state index in [-0.39, 0.29) is 5.63 Å². The van der Waals surface area contributed by atoms with Crippen LogP contribution >= 0.6 is 11.8 Å². The van der Waals surface area contributed by atoms with Crippen LogP contribution in [0.5, 0.6) is 5.75 Å². The molecule has 3 aromatic rings. The van der Waals surface area contributed by atoms with Crippen LogP contribution in [-0.4, -0.2) is 12.3 Å². The molecule has 5 nitrogen and oxygen atoms in total. The minimum atomic E-state index is -0.356.